The van der Waals surface area contributed by atoms with Crippen LogP contribution < -0.4 is 9.64 Å². The summed E-state index contributed by atoms with van der Waals surface area (Å²) in [6.07, 6.45) is 0. The molecule has 0 aliphatic carbocycles. The van der Waals surface area contributed by atoms with E-state index >= 15 is 0 Å². The number of benzene rings is 3. The van der Waals surface area contributed by atoms with Crippen LogP contribution in [-0.2, 0) is 6.54 Å². The van der Waals surface area contributed by atoms with Crippen molar-refractivity contribution >= 4 is 28.9 Å². The van der Waals surface area contributed by atoms with Gasteiger partial charge in [0.15, 0.2) is 0 Å². The van der Waals surface area contributed by atoms with Gasteiger partial charge in [-0.1, -0.05) is 60.2 Å². The molecule has 0 unspecified atom stereocenters. The summed E-state index contributed by atoms with van der Waals surface area (Å²) in [5.41, 5.74) is 3.64. The van der Waals surface area contributed by atoms with Crippen LogP contribution in [0.1, 0.15) is 31.2 Å². The number of amides is 1. The van der Waals surface area contributed by atoms with E-state index in [1.807, 2.05) is 73.7 Å². The Balaban J connectivity index is 1.83. The van der Waals surface area contributed by atoms with Crippen molar-refractivity contribution in [2.75, 3.05) is 12.0 Å². The fourth-order valence-corrected chi connectivity index (χ4v) is 4.56. The number of methoxy groups -OCH3 is 1. The molecule has 0 saturated carbocycles. The van der Waals surface area contributed by atoms with Gasteiger partial charge in [-0.25, -0.2) is 4.79 Å². The number of hydrogen-bond donors (Lipinski definition) is 1. The lowest BCUT2D eigenvalue weighted by Gasteiger charge is -2.23. The molecule has 1 heterocycles. The summed E-state index contributed by atoms with van der Waals surface area (Å²) in [6, 6.07) is 26.1. The van der Waals surface area contributed by atoms with Gasteiger partial charge >= 0.3 is 5.97 Å². The number of anilines is 1. The molecule has 5 nitrogen and oxygen atoms in total. The van der Waals surface area contributed by atoms with E-state index in [-0.39, 0.29) is 17.3 Å². The summed E-state index contributed by atoms with van der Waals surface area (Å²) in [6.45, 7) is 2.16. The second-order valence-electron chi connectivity index (χ2n) is 7.61. The maximum absolute atomic E-state index is 13.6. The van der Waals surface area contributed by atoms with E-state index in [0.717, 1.165) is 32.9 Å². The predicted molar refractivity (Wildman–Crippen MR) is 131 cm³/mol. The monoisotopic (exact) mass is 457 g/mol. The minimum atomic E-state index is -1.07. The Morgan fingerprint density at radius 1 is 0.939 bits per heavy atom. The van der Waals surface area contributed by atoms with Crippen LogP contribution in [0.15, 0.2) is 84.9 Å². The first-order chi connectivity index (χ1) is 16.0. The number of carboxylic acids is 1. The van der Waals surface area contributed by atoms with E-state index in [9.17, 15) is 14.7 Å². The standard InChI is InChI=1S/C27H23NO4S/c1-18-11-13-21(14-12-18)26(29)28(17-19-7-6-10-22(15-19)32-2)23-16-24(33-25(23)27(30)31)20-8-4-3-5-9-20/h3-16H,17H2,1-2H3,(H,30,31). The maximum atomic E-state index is 13.6. The molecule has 1 aromatic heterocycles. The second kappa shape index (κ2) is 9.71. The highest BCUT2D eigenvalue weighted by Gasteiger charge is 2.26. The molecule has 0 spiro atoms. The second-order valence-corrected chi connectivity index (χ2v) is 8.66. The average Bonchev–Trinajstić information content (AvgIpc) is 3.29. The zero-order valence-corrected chi connectivity index (χ0v) is 19.1. The highest BCUT2D eigenvalue weighted by molar-refractivity contribution is 7.18. The van der Waals surface area contributed by atoms with Crippen molar-refractivity contribution in [2.24, 2.45) is 0 Å². The summed E-state index contributed by atoms with van der Waals surface area (Å²) in [7, 11) is 1.59. The van der Waals surface area contributed by atoms with Crippen LogP contribution in [0, 0.1) is 6.92 Å². The fourth-order valence-electron chi connectivity index (χ4n) is 3.55. The van der Waals surface area contributed by atoms with Crippen molar-refractivity contribution in [1.82, 2.24) is 0 Å². The largest absolute Gasteiger partial charge is 0.497 e. The zero-order chi connectivity index (χ0) is 23.4. The third-order valence-corrected chi connectivity index (χ3v) is 6.44. The topological polar surface area (TPSA) is 66.8 Å². The van der Waals surface area contributed by atoms with Gasteiger partial charge in [0.1, 0.15) is 10.6 Å². The molecule has 0 atom stereocenters. The van der Waals surface area contributed by atoms with E-state index < -0.39 is 5.97 Å². The Bertz CT molecular complexity index is 1280. The molecule has 1 amide bonds. The third kappa shape index (κ3) is 4.96. The van der Waals surface area contributed by atoms with Gasteiger partial charge < -0.3 is 14.7 Å². The summed E-state index contributed by atoms with van der Waals surface area (Å²) in [5.74, 6) is -0.661. The number of carbonyl (C=O) groups is 2. The number of hydrogen-bond acceptors (Lipinski definition) is 4. The number of carbonyl (C=O) groups excluding carboxylic acids is 1. The maximum Gasteiger partial charge on any atom is 0.348 e. The number of aromatic carboxylic acids is 1. The Morgan fingerprint density at radius 3 is 2.33 bits per heavy atom. The number of rotatable bonds is 7. The van der Waals surface area contributed by atoms with Gasteiger partial charge in [-0.3, -0.25) is 4.79 Å². The molecule has 3 aromatic carbocycles. The molecule has 0 radical (unpaired) electrons. The molecule has 4 rings (SSSR count). The van der Waals surface area contributed by atoms with Crippen LogP contribution in [0.2, 0.25) is 0 Å². The zero-order valence-electron chi connectivity index (χ0n) is 18.3. The molecule has 0 aliphatic heterocycles. The Hall–Kier alpha value is -3.90. The van der Waals surface area contributed by atoms with E-state index in [4.69, 9.17) is 4.74 Å². The van der Waals surface area contributed by atoms with E-state index in [2.05, 4.69) is 0 Å². The van der Waals surface area contributed by atoms with E-state index in [1.165, 1.54) is 4.90 Å². The van der Waals surface area contributed by atoms with Gasteiger partial charge in [0.05, 0.1) is 19.3 Å². The molecule has 6 heteroatoms. The first-order valence-electron chi connectivity index (χ1n) is 10.4. The average molecular weight is 458 g/mol. The number of nitrogens with zero attached hydrogens (tertiary/aromatic N) is 1. The first-order valence-corrected chi connectivity index (χ1v) is 11.2. The molecule has 0 fully saturated rings. The Kier molecular flexibility index (Phi) is 6.56. The first kappa shape index (κ1) is 22.3. The van der Waals surface area contributed by atoms with Gasteiger partial charge in [-0.15, -0.1) is 11.3 Å². The quantitative estimate of drug-likeness (QED) is 0.355. The van der Waals surface area contributed by atoms with Gasteiger partial charge in [-0.05, 0) is 48.4 Å². The predicted octanol–water partition coefficient (Wildman–Crippen LogP) is 6.28. The van der Waals surface area contributed by atoms with Crippen molar-refractivity contribution in [3.8, 4) is 16.2 Å². The van der Waals surface area contributed by atoms with Gasteiger partial charge in [0, 0.05) is 10.4 Å². The Labute approximate surface area is 196 Å². The van der Waals surface area contributed by atoms with Crippen LogP contribution in [0.4, 0.5) is 5.69 Å². The molecule has 0 bridgehead atoms. The minimum absolute atomic E-state index is 0.122. The molecular weight excluding hydrogens is 434 g/mol. The van der Waals surface area contributed by atoms with Crippen LogP contribution >= 0.6 is 11.3 Å². The molecular formula is C27H23NO4S. The molecule has 33 heavy (non-hydrogen) atoms. The fraction of sp³-hybridized carbons (Fsp3) is 0.111. The lowest BCUT2D eigenvalue weighted by Crippen LogP contribution is -2.31. The summed E-state index contributed by atoms with van der Waals surface area (Å²) in [5, 5.41) is 9.96. The van der Waals surface area contributed by atoms with Crippen molar-refractivity contribution in [2.45, 2.75) is 13.5 Å². The molecule has 0 saturated heterocycles. The lowest BCUT2D eigenvalue weighted by atomic mass is 10.1. The van der Waals surface area contributed by atoms with Gasteiger partial charge in [-0.2, -0.15) is 0 Å². The molecule has 4 aromatic rings. The molecule has 0 aliphatic rings. The third-order valence-electron chi connectivity index (χ3n) is 5.27. The van der Waals surface area contributed by atoms with Crippen LogP contribution in [0.25, 0.3) is 10.4 Å². The molecule has 1 N–H and O–H groups in total. The van der Waals surface area contributed by atoms with Crippen molar-refractivity contribution < 1.29 is 19.4 Å². The van der Waals surface area contributed by atoms with Crippen LogP contribution in [-0.4, -0.2) is 24.1 Å². The number of ether oxygens (including phenoxy) is 1. The van der Waals surface area contributed by atoms with Crippen LogP contribution in [0.3, 0.4) is 0 Å². The normalized spacial score (nSPS) is 10.6. The minimum Gasteiger partial charge on any atom is -0.497 e. The van der Waals surface area contributed by atoms with Gasteiger partial charge in [0.25, 0.3) is 5.91 Å². The SMILES string of the molecule is COc1cccc(CN(C(=O)c2ccc(C)cc2)c2cc(-c3ccccc3)sc2C(=O)O)c1. The number of thiophene rings is 1. The molecule has 166 valence electrons. The number of carboxylic acid groups (broad SMARTS) is 1. The van der Waals surface area contributed by atoms with Crippen molar-refractivity contribution in [1.29, 1.82) is 0 Å². The Morgan fingerprint density at radius 2 is 1.67 bits per heavy atom. The highest BCUT2D eigenvalue weighted by atomic mass is 32.1. The van der Waals surface area contributed by atoms with Crippen LogP contribution in [0.5, 0.6) is 5.75 Å². The number of aryl methyl sites for hydroxylation is 1. The smallest absolute Gasteiger partial charge is 0.348 e. The van der Waals surface area contributed by atoms with Crippen molar-refractivity contribution in [3.63, 3.8) is 0 Å². The van der Waals surface area contributed by atoms with E-state index in [1.54, 1.807) is 25.3 Å². The lowest BCUT2D eigenvalue weighted by molar-refractivity contribution is 0.0703. The summed E-state index contributed by atoms with van der Waals surface area (Å²) >= 11 is 1.16. The highest BCUT2D eigenvalue weighted by Crippen LogP contribution is 2.38. The van der Waals surface area contributed by atoms with Gasteiger partial charge in [0.2, 0.25) is 0 Å². The summed E-state index contributed by atoms with van der Waals surface area (Å²) in [4.78, 5) is 28.3. The summed E-state index contributed by atoms with van der Waals surface area (Å²) < 4.78 is 5.33. The van der Waals surface area contributed by atoms with E-state index in [0.29, 0.717) is 17.0 Å². The van der Waals surface area contributed by atoms with Crippen molar-refractivity contribution in [3.05, 3.63) is 106 Å².